The van der Waals surface area contributed by atoms with Crippen molar-refractivity contribution in [2.24, 2.45) is 0 Å². The molecule has 4 heteroatoms. The summed E-state index contributed by atoms with van der Waals surface area (Å²) < 4.78 is 0. The lowest BCUT2D eigenvalue weighted by atomic mass is 10.0. The summed E-state index contributed by atoms with van der Waals surface area (Å²) in [7, 11) is 1.87. The van der Waals surface area contributed by atoms with Gasteiger partial charge < -0.3 is 15.3 Å². The number of hydrogen-bond acceptors (Lipinski definition) is 3. The van der Waals surface area contributed by atoms with Crippen LogP contribution in [0.3, 0.4) is 0 Å². The van der Waals surface area contributed by atoms with Crippen molar-refractivity contribution in [1.29, 1.82) is 0 Å². The molecule has 98 valence electrons. The average Bonchev–Trinajstić information content (AvgIpc) is 2.37. The lowest BCUT2D eigenvalue weighted by Crippen LogP contribution is -2.42. The minimum absolute atomic E-state index is 0.0134. The van der Waals surface area contributed by atoms with Gasteiger partial charge in [0.25, 0.3) is 5.91 Å². The van der Waals surface area contributed by atoms with Crippen LogP contribution in [0.5, 0.6) is 0 Å². The summed E-state index contributed by atoms with van der Waals surface area (Å²) in [4.78, 5) is 14.0. The average molecular weight is 248 g/mol. The number of amides is 1. The Kier molecular flexibility index (Phi) is 3.87. The molecule has 0 spiro atoms. The van der Waals surface area contributed by atoms with Gasteiger partial charge in [0.1, 0.15) is 0 Å². The Balaban J connectivity index is 2.15. The number of carbonyl (C=O) groups is 1. The van der Waals surface area contributed by atoms with E-state index in [1.54, 1.807) is 4.90 Å². The van der Waals surface area contributed by atoms with Crippen molar-refractivity contribution in [1.82, 2.24) is 4.90 Å². The molecule has 0 aliphatic carbocycles. The van der Waals surface area contributed by atoms with Crippen molar-refractivity contribution in [3.63, 3.8) is 0 Å². The molecule has 1 amide bonds. The van der Waals surface area contributed by atoms with Gasteiger partial charge in [-0.2, -0.15) is 0 Å². The van der Waals surface area contributed by atoms with Crippen LogP contribution >= 0.6 is 0 Å². The van der Waals surface area contributed by atoms with Crippen LogP contribution in [0.15, 0.2) is 18.2 Å². The summed E-state index contributed by atoms with van der Waals surface area (Å²) in [5.41, 5.74) is 2.78. The third-order valence-electron chi connectivity index (χ3n) is 3.43. The molecule has 4 nitrogen and oxygen atoms in total. The van der Waals surface area contributed by atoms with Gasteiger partial charge in [-0.05, 0) is 43.5 Å². The maximum atomic E-state index is 12.3. The fraction of sp³-hybridized carbons (Fsp3) is 0.500. The lowest BCUT2D eigenvalue weighted by molar-refractivity contribution is 0.0473. The van der Waals surface area contributed by atoms with Gasteiger partial charge in [-0.1, -0.05) is 0 Å². The van der Waals surface area contributed by atoms with Crippen molar-refractivity contribution in [2.45, 2.75) is 25.9 Å². The number of rotatable bonds is 2. The smallest absolute Gasteiger partial charge is 0.253 e. The minimum Gasteiger partial charge on any atom is -0.391 e. The zero-order valence-corrected chi connectivity index (χ0v) is 10.9. The van der Waals surface area contributed by atoms with Gasteiger partial charge in [-0.3, -0.25) is 4.79 Å². The molecule has 1 saturated heterocycles. The number of anilines is 1. The molecule has 0 radical (unpaired) electrons. The topological polar surface area (TPSA) is 52.6 Å². The Hall–Kier alpha value is -1.55. The first-order chi connectivity index (χ1) is 8.61. The molecule has 2 rings (SSSR count). The van der Waals surface area contributed by atoms with Gasteiger partial charge in [-0.15, -0.1) is 0 Å². The van der Waals surface area contributed by atoms with E-state index in [1.165, 1.54) is 0 Å². The Morgan fingerprint density at radius 1 is 1.50 bits per heavy atom. The van der Waals surface area contributed by atoms with Crippen molar-refractivity contribution < 1.29 is 9.90 Å². The molecule has 0 saturated carbocycles. The standard InChI is InChI=1S/C14H20N2O2/c1-10-8-11(5-6-13(10)15-2)14(18)16-7-3-4-12(17)9-16/h5-6,8,12,15,17H,3-4,7,9H2,1-2H3. The quantitative estimate of drug-likeness (QED) is 0.836. The largest absolute Gasteiger partial charge is 0.391 e. The number of benzene rings is 1. The third kappa shape index (κ3) is 2.64. The van der Waals surface area contributed by atoms with Crippen LogP contribution in [-0.2, 0) is 0 Å². The summed E-state index contributed by atoms with van der Waals surface area (Å²) in [6, 6.07) is 5.65. The van der Waals surface area contributed by atoms with Crippen LogP contribution < -0.4 is 5.32 Å². The monoisotopic (exact) mass is 248 g/mol. The van der Waals surface area contributed by atoms with E-state index in [-0.39, 0.29) is 12.0 Å². The van der Waals surface area contributed by atoms with Crippen molar-refractivity contribution in [3.8, 4) is 0 Å². The first-order valence-electron chi connectivity index (χ1n) is 6.37. The molecule has 0 bridgehead atoms. The van der Waals surface area contributed by atoms with Crippen LogP contribution in [0.1, 0.15) is 28.8 Å². The molecular formula is C14H20N2O2. The fourth-order valence-corrected chi connectivity index (χ4v) is 2.40. The maximum Gasteiger partial charge on any atom is 0.253 e. The third-order valence-corrected chi connectivity index (χ3v) is 3.43. The van der Waals surface area contributed by atoms with E-state index in [9.17, 15) is 9.90 Å². The van der Waals surface area contributed by atoms with Gasteiger partial charge in [0, 0.05) is 31.4 Å². The Morgan fingerprint density at radius 3 is 2.89 bits per heavy atom. The number of nitrogens with one attached hydrogen (secondary N) is 1. The summed E-state index contributed by atoms with van der Waals surface area (Å²) in [5, 5.41) is 12.7. The number of carbonyl (C=O) groups excluding carboxylic acids is 1. The van der Waals surface area contributed by atoms with Crippen molar-refractivity contribution >= 4 is 11.6 Å². The molecule has 0 aromatic heterocycles. The zero-order chi connectivity index (χ0) is 13.1. The highest BCUT2D eigenvalue weighted by Crippen LogP contribution is 2.19. The number of aryl methyl sites for hydroxylation is 1. The maximum absolute atomic E-state index is 12.3. The van der Waals surface area contributed by atoms with Crippen LogP contribution in [0.25, 0.3) is 0 Å². The van der Waals surface area contributed by atoms with E-state index < -0.39 is 0 Å². The van der Waals surface area contributed by atoms with Crippen LogP contribution in [0.4, 0.5) is 5.69 Å². The van der Waals surface area contributed by atoms with E-state index in [4.69, 9.17) is 0 Å². The number of likely N-dealkylation sites (tertiary alicyclic amines) is 1. The van der Waals surface area contributed by atoms with E-state index in [2.05, 4.69) is 5.32 Å². The summed E-state index contributed by atoms with van der Waals surface area (Å²) in [6.45, 7) is 3.17. The summed E-state index contributed by atoms with van der Waals surface area (Å²) >= 11 is 0. The molecule has 1 aliphatic heterocycles. The number of piperidine rings is 1. The molecule has 1 aromatic carbocycles. The molecule has 1 atom stereocenters. The number of β-amino-alcohol motifs (C(OH)–C–C–N with tert-alkyl or cyclic N) is 1. The normalized spacial score (nSPS) is 19.7. The second-order valence-electron chi connectivity index (χ2n) is 4.83. The van der Waals surface area contributed by atoms with E-state index in [1.807, 2.05) is 32.2 Å². The molecular weight excluding hydrogens is 228 g/mol. The Morgan fingerprint density at radius 2 is 2.28 bits per heavy atom. The molecule has 1 aromatic rings. The van der Waals surface area contributed by atoms with Gasteiger partial charge >= 0.3 is 0 Å². The predicted molar refractivity (Wildman–Crippen MR) is 71.9 cm³/mol. The molecule has 1 fully saturated rings. The molecule has 1 unspecified atom stereocenters. The highest BCUT2D eigenvalue weighted by molar-refractivity contribution is 5.95. The van der Waals surface area contributed by atoms with Crippen LogP contribution in [-0.4, -0.2) is 42.2 Å². The van der Waals surface area contributed by atoms with Crippen LogP contribution in [0.2, 0.25) is 0 Å². The van der Waals surface area contributed by atoms with E-state index >= 15 is 0 Å². The molecule has 2 N–H and O–H groups in total. The molecule has 1 aliphatic rings. The molecule has 1 heterocycles. The highest BCUT2D eigenvalue weighted by Gasteiger charge is 2.23. The number of aliphatic hydroxyl groups is 1. The zero-order valence-electron chi connectivity index (χ0n) is 10.9. The number of aliphatic hydroxyl groups excluding tert-OH is 1. The first kappa shape index (κ1) is 12.9. The van der Waals surface area contributed by atoms with Gasteiger partial charge in [-0.25, -0.2) is 0 Å². The number of hydrogen-bond donors (Lipinski definition) is 2. The second-order valence-corrected chi connectivity index (χ2v) is 4.83. The van der Waals surface area contributed by atoms with Crippen molar-refractivity contribution in [2.75, 3.05) is 25.5 Å². The summed E-state index contributed by atoms with van der Waals surface area (Å²) in [5.74, 6) is 0.0134. The van der Waals surface area contributed by atoms with Crippen LogP contribution in [0, 0.1) is 6.92 Å². The van der Waals surface area contributed by atoms with Gasteiger partial charge in [0.05, 0.1) is 6.10 Å². The fourth-order valence-electron chi connectivity index (χ4n) is 2.40. The molecule has 18 heavy (non-hydrogen) atoms. The van der Waals surface area contributed by atoms with Crippen molar-refractivity contribution in [3.05, 3.63) is 29.3 Å². The summed E-state index contributed by atoms with van der Waals surface area (Å²) in [6.07, 6.45) is 1.29. The van der Waals surface area contributed by atoms with E-state index in [0.29, 0.717) is 12.1 Å². The Labute approximate surface area is 108 Å². The number of nitrogens with zero attached hydrogens (tertiary/aromatic N) is 1. The first-order valence-corrected chi connectivity index (χ1v) is 6.37. The highest BCUT2D eigenvalue weighted by atomic mass is 16.3. The lowest BCUT2D eigenvalue weighted by Gasteiger charge is -2.30. The SMILES string of the molecule is CNc1ccc(C(=O)N2CCCC(O)C2)cc1C. The second kappa shape index (κ2) is 5.40. The van der Waals surface area contributed by atoms with Gasteiger partial charge in [0.15, 0.2) is 0 Å². The Bertz CT molecular complexity index is 445. The minimum atomic E-state index is -0.375. The van der Waals surface area contributed by atoms with Gasteiger partial charge in [0.2, 0.25) is 0 Å². The van der Waals surface area contributed by atoms with E-state index in [0.717, 1.165) is 30.6 Å². The predicted octanol–water partition coefficient (Wildman–Crippen LogP) is 1.63.